The molecular formula is C36H44F2N8O4S. The molecule has 2 aromatic carbocycles. The lowest BCUT2D eigenvalue weighted by molar-refractivity contribution is 0.107. The number of aromatic nitrogens is 4. The molecule has 0 amide bonds. The summed E-state index contributed by atoms with van der Waals surface area (Å²) in [5.41, 5.74) is 3.60. The Balaban J connectivity index is 1.17. The highest BCUT2D eigenvalue weighted by atomic mass is 32.2. The predicted molar refractivity (Wildman–Crippen MR) is 191 cm³/mol. The molecule has 0 unspecified atom stereocenters. The number of ether oxygens (including phenoxy) is 1. The third-order valence-electron chi connectivity index (χ3n) is 11.2. The van der Waals surface area contributed by atoms with E-state index in [-0.39, 0.29) is 23.1 Å². The first-order valence-electron chi connectivity index (χ1n) is 17.8. The molecule has 8 rings (SSSR count). The van der Waals surface area contributed by atoms with Crippen molar-refractivity contribution >= 4 is 38.1 Å². The summed E-state index contributed by atoms with van der Waals surface area (Å²) in [4.78, 5) is 16.5. The van der Waals surface area contributed by atoms with Crippen LogP contribution in [-0.4, -0.2) is 96.0 Å². The van der Waals surface area contributed by atoms with E-state index in [1.807, 2.05) is 17.7 Å². The van der Waals surface area contributed by atoms with Gasteiger partial charge in [-0.25, -0.2) is 17.2 Å². The minimum absolute atomic E-state index is 0.106. The van der Waals surface area contributed by atoms with E-state index in [1.54, 1.807) is 18.2 Å². The van der Waals surface area contributed by atoms with Gasteiger partial charge in [0.05, 0.1) is 36.3 Å². The molecule has 2 saturated heterocycles. The maximum Gasteiger partial charge on any atom is 0.318 e. The first-order valence-corrected chi connectivity index (χ1v) is 19.6. The molecule has 2 atom stereocenters. The molecule has 2 aromatic heterocycles. The lowest BCUT2D eigenvalue weighted by atomic mass is 9.95. The van der Waals surface area contributed by atoms with Crippen LogP contribution in [0.4, 0.5) is 26.1 Å². The number of halogens is 2. The van der Waals surface area contributed by atoms with Crippen molar-refractivity contribution in [2.45, 2.75) is 76.8 Å². The number of phenols is 1. The molecule has 2 fully saturated rings. The number of aromatic hydroxyl groups is 1. The van der Waals surface area contributed by atoms with Crippen molar-refractivity contribution in [3.63, 3.8) is 0 Å². The van der Waals surface area contributed by atoms with Gasteiger partial charge in [-0.3, -0.25) is 13.9 Å². The zero-order chi connectivity index (χ0) is 35.7. The number of anilines is 3. The largest absolute Gasteiger partial charge is 0.508 e. The Bertz CT molecular complexity index is 2110. The Morgan fingerprint density at radius 1 is 1.08 bits per heavy atom. The number of alkyl halides is 1. The fourth-order valence-corrected chi connectivity index (χ4v) is 9.02. The maximum atomic E-state index is 15.1. The smallest absolute Gasteiger partial charge is 0.318 e. The first kappa shape index (κ1) is 33.9. The van der Waals surface area contributed by atoms with Crippen molar-refractivity contribution in [3.05, 3.63) is 58.7 Å². The number of hydrogen-bond acceptors (Lipinski definition) is 10. The highest BCUT2D eigenvalue weighted by Crippen LogP contribution is 2.42. The number of fused-ring (bicyclic) bond motifs is 4. The Morgan fingerprint density at radius 3 is 2.73 bits per heavy atom. The summed E-state index contributed by atoms with van der Waals surface area (Å²) < 4.78 is 63.8. The van der Waals surface area contributed by atoms with Gasteiger partial charge >= 0.3 is 6.01 Å². The van der Waals surface area contributed by atoms with E-state index in [1.165, 1.54) is 17.4 Å². The average Bonchev–Trinajstić information content (AvgIpc) is 3.72. The van der Waals surface area contributed by atoms with Gasteiger partial charge in [-0.15, -0.1) is 0 Å². The summed E-state index contributed by atoms with van der Waals surface area (Å²) >= 11 is 0. The van der Waals surface area contributed by atoms with Crippen LogP contribution in [0.1, 0.15) is 55.1 Å². The van der Waals surface area contributed by atoms with E-state index in [4.69, 9.17) is 14.7 Å². The second-order valence-corrected chi connectivity index (χ2v) is 16.5. The van der Waals surface area contributed by atoms with Crippen molar-refractivity contribution < 1.29 is 27.0 Å². The molecule has 4 aliphatic rings. The van der Waals surface area contributed by atoms with Gasteiger partial charge in [0.15, 0.2) is 5.82 Å². The summed E-state index contributed by atoms with van der Waals surface area (Å²) in [7, 11) is -1.99. The van der Waals surface area contributed by atoms with E-state index >= 15 is 4.39 Å². The minimum Gasteiger partial charge on any atom is -0.508 e. The number of sulfonamides is 1. The van der Waals surface area contributed by atoms with Gasteiger partial charge in [0.1, 0.15) is 30.2 Å². The zero-order valence-corrected chi connectivity index (χ0v) is 30.1. The first-order chi connectivity index (χ1) is 24.4. The Labute approximate surface area is 296 Å². The molecule has 6 heterocycles. The van der Waals surface area contributed by atoms with Crippen LogP contribution >= 0.6 is 0 Å². The number of benzene rings is 2. The molecule has 0 aliphatic carbocycles. The van der Waals surface area contributed by atoms with Crippen LogP contribution in [0.5, 0.6) is 11.8 Å². The van der Waals surface area contributed by atoms with Gasteiger partial charge in [-0.05, 0) is 61.7 Å². The second kappa shape index (κ2) is 12.8. The van der Waals surface area contributed by atoms with Gasteiger partial charge in [0.2, 0.25) is 10.0 Å². The molecule has 4 aromatic rings. The van der Waals surface area contributed by atoms with Crippen molar-refractivity contribution in [2.24, 2.45) is 0 Å². The molecule has 12 nitrogen and oxygen atoms in total. The molecule has 0 saturated carbocycles. The summed E-state index contributed by atoms with van der Waals surface area (Å²) in [6.07, 6.45) is 4.42. The highest BCUT2D eigenvalue weighted by Gasteiger charge is 2.49. The molecule has 0 spiro atoms. The van der Waals surface area contributed by atoms with E-state index in [2.05, 4.69) is 19.8 Å². The SMILES string of the molecule is CCc1c(F)ccc2cc(O)cc(N3CCc4c(nc(OC[C@@]56CCCN5C[C@H](F)C6)nc4N4CCCn5nc(N(C)S(C)(=O)=O)cc5C4)C3)c12. The third-order valence-corrected chi connectivity index (χ3v) is 12.4. The van der Waals surface area contributed by atoms with Gasteiger partial charge in [-0.2, -0.15) is 15.1 Å². The molecule has 0 radical (unpaired) electrons. The van der Waals surface area contributed by atoms with E-state index in [9.17, 15) is 17.9 Å². The van der Waals surface area contributed by atoms with E-state index in [0.717, 1.165) is 71.3 Å². The Hall–Kier alpha value is -4.24. The molecular weight excluding hydrogens is 679 g/mol. The van der Waals surface area contributed by atoms with Crippen LogP contribution in [-0.2, 0) is 42.5 Å². The monoisotopic (exact) mass is 722 g/mol. The number of aryl methyl sites for hydroxylation is 2. The standard InChI is InChI=1S/C36H44F2N8O4S/c1-4-27-29(38)8-7-23-15-26(47)17-31(33(23)27)43-14-9-28-30(21-43)39-35(50-22-36-10-5-12-45(36)19-24(37)18-36)40-34(28)44-11-6-13-46-25(20-44)16-32(41-46)42(2)51(3,48)49/h7-8,15-17,24,47H,4-6,9-14,18-22H2,1-3H3/t24-,36+/m1/s1. The Morgan fingerprint density at radius 2 is 1.92 bits per heavy atom. The molecule has 4 aliphatic heterocycles. The van der Waals surface area contributed by atoms with Crippen molar-refractivity contribution in [1.29, 1.82) is 0 Å². The van der Waals surface area contributed by atoms with Gasteiger partial charge < -0.3 is 19.6 Å². The van der Waals surface area contributed by atoms with Gasteiger partial charge in [-0.1, -0.05) is 13.0 Å². The third kappa shape index (κ3) is 6.11. The lowest BCUT2D eigenvalue weighted by Gasteiger charge is -2.35. The quantitative estimate of drug-likeness (QED) is 0.277. The predicted octanol–water partition coefficient (Wildman–Crippen LogP) is 4.56. The lowest BCUT2D eigenvalue weighted by Crippen LogP contribution is -2.43. The van der Waals surface area contributed by atoms with Gasteiger partial charge in [0, 0.05) is 68.4 Å². The number of hydrogen-bond donors (Lipinski definition) is 1. The van der Waals surface area contributed by atoms with Crippen LogP contribution in [0.3, 0.4) is 0 Å². The normalized spacial score (nSPS) is 22.2. The van der Waals surface area contributed by atoms with E-state index in [0.29, 0.717) is 76.5 Å². The van der Waals surface area contributed by atoms with Crippen LogP contribution in [0.15, 0.2) is 30.3 Å². The van der Waals surface area contributed by atoms with Gasteiger partial charge in [0.25, 0.3) is 0 Å². The van der Waals surface area contributed by atoms with Crippen LogP contribution in [0.2, 0.25) is 0 Å². The molecule has 1 N–H and O–H groups in total. The summed E-state index contributed by atoms with van der Waals surface area (Å²) in [6, 6.07) is 8.57. The minimum atomic E-state index is -3.48. The molecule has 0 bridgehead atoms. The Kier molecular flexibility index (Phi) is 8.48. The molecule has 272 valence electrons. The fourth-order valence-electron chi connectivity index (χ4n) is 8.59. The fraction of sp³-hybridized carbons (Fsp3) is 0.528. The average molecular weight is 723 g/mol. The maximum absolute atomic E-state index is 15.1. The van der Waals surface area contributed by atoms with E-state index < -0.39 is 16.2 Å². The van der Waals surface area contributed by atoms with Crippen LogP contribution < -0.4 is 18.8 Å². The number of phenolic OH excluding ortho intramolecular Hbond substituents is 1. The van der Waals surface area contributed by atoms with Crippen molar-refractivity contribution in [1.82, 2.24) is 24.6 Å². The zero-order valence-electron chi connectivity index (χ0n) is 29.3. The number of nitrogens with zero attached hydrogens (tertiary/aromatic N) is 8. The topological polar surface area (TPSA) is 120 Å². The highest BCUT2D eigenvalue weighted by molar-refractivity contribution is 7.92. The van der Waals surface area contributed by atoms with Crippen molar-refractivity contribution in [3.8, 4) is 11.8 Å². The van der Waals surface area contributed by atoms with Crippen molar-refractivity contribution in [2.75, 3.05) is 60.2 Å². The summed E-state index contributed by atoms with van der Waals surface area (Å²) in [5.74, 6) is 0.945. The van der Waals surface area contributed by atoms with Crippen LogP contribution in [0.25, 0.3) is 10.8 Å². The van der Waals surface area contributed by atoms with Crippen LogP contribution in [0, 0.1) is 5.82 Å². The summed E-state index contributed by atoms with van der Waals surface area (Å²) in [6.45, 7) is 6.23. The number of rotatable bonds is 8. The molecule has 15 heteroatoms. The second-order valence-electron chi connectivity index (χ2n) is 14.5. The molecule has 51 heavy (non-hydrogen) atoms. The summed E-state index contributed by atoms with van der Waals surface area (Å²) in [5, 5.41) is 16.9.